The van der Waals surface area contributed by atoms with Crippen LogP contribution in [0.3, 0.4) is 0 Å². The molecule has 14 heteroatoms. The molecule has 4 amide bonds. The third kappa shape index (κ3) is 6.48. The summed E-state index contributed by atoms with van der Waals surface area (Å²) in [5.41, 5.74) is 6.95. The highest BCUT2D eigenvalue weighted by atomic mass is 35.5. The summed E-state index contributed by atoms with van der Waals surface area (Å²) in [4.78, 5) is 56.6. The van der Waals surface area contributed by atoms with E-state index in [0.717, 1.165) is 82.4 Å². The lowest BCUT2D eigenvalue weighted by Crippen LogP contribution is -2.54. The maximum atomic E-state index is 13.4. The van der Waals surface area contributed by atoms with E-state index in [4.69, 9.17) is 16.6 Å². The Labute approximate surface area is 316 Å². The minimum absolute atomic E-state index is 0.0824. The average Bonchev–Trinajstić information content (AvgIpc) is 3.84. The summed E-state index contributed by atoms with van der Waals surface area (Å²) in [5, 5.41) is 19.7. The van der Waals surface area contributed by atoms with Crippen LogP contribution in [0.2, 0.25) is 5.02 Å². The van der Waals surface area contributed by atoms with Crippen LogP contribution in [0.15, 0.2) is 78.0 Å². The third-order valence-electron chi connectivity index (χ3n) is 10.2. The first-order valence-electron chi connectivity index (χ1n) is 18.2. The Balaban J connectivity index is 0.879. The number of halogens is 1. The van der Waals surface area contributed by atoms with Gasteiger partial charge >= 0.3 is 0 Å². The van der Waals surface area contributed by atoms with Crippen LogP contribution in [-0.2, 0) is 16.1 Å². The minimum atomic E-state index is -0.990. The topological polar surface area (TPSA) is 156 Å². The van der Waals surface area contributed by atoms with Gasteiger partial charge in [0.15, 0.2) is 5.82 Å². The van der Waals surface area contributed by atoms with Gasteiger partial charge in [0.2, 0.25) is 11.8 Å². The molecule has 3 aliphatic heterocycles. The molecular weight excluding hydrogens is 706 g/mol. The van der Waals surface area contributed by atoms with E-state index in [9.17, 15) is 19.2 Å². The van der Waals surface area contributed by atoms with Gasteiger partial charge in [-0.1, -0.05) is 48.7 Å². The maximum absolute atomic E-state index is 13.4. The zero-order valence-electron chi connectivity index (χ0n) is 29.9. The fraction of sp³-hybridized carbons (Fsp3) is 0.300. The number of hydrogen-bond donors (Lipinski definition) is 2. The Bertz CT molecular complexity index is 2340. The molecule has 1 fully saturated rings. The molecule has 0 spiro atoms. The monoisotopic (exact) mass is 743 g/mol. The van der Waals surface area contributed by atoms with Crippen molar-refractivity contribution in [3.05, 3.63) is 112 Å². The number of amides is 4. The molecule has 274 valence electrons. The summed E-state index contributed by atoms with van der Waals surface area (Å²) in [7, 11) is 0. The summed E-state index contributed by atoms with van der Waals surface area (Å²) < 4.78 is 4.06. The van der Waals surface area contributed by atoms with Crippen molar-refractivity contribution < 1.29 is 19.2 Å². The number of nitrogens with one attached hydrogen (secondary N) is 2. The van der Waals surface area contributed by atoms with Crippen LogP contribution in [0.4, 0.5) is 5.69 Å². The number of carbonyl (C=O) groups excluding carboxylic acids is 4. The molecule has 3 aliphatic rings. The number of imide groups is 2. The second-order valence-corrected chi connectivity index (χ2v) is 14.3. The van der Waals surface area contributed by atoms with E-state index in [-0.39, 0.29) is 30.0 Å². The van der Waals surface area contributed by atoms with Crippen molar-refractivity contribution in [1.29, 1.82) is 0 Å². The van der Waals surface area contributed by atoms with E-state index in [0.29, 0.717) is 17.3 Å². The van der Waals surface area contributed by atoms with Gasteiger partial charge < -0.3 is 5.32 Å². The Hall–Kier alpha value is -5.95. The molecule has 2 aromatic heterocycles. The molecule has 0 bridgehead atoms. The molecule has 54 heavy (non-hydrogen) atoms. The average molecular weight is 744 g/mol. The molecule has 0 radical (unpaired) electrons. The summed E-state index contributed by atoms with van der Waals surface area (Å²) >= 11 is 6.23. The number of nitrogens with zero attached hydrogens (tertiary/aromatic N) is 7. The van der Waals surface area contributed by atoms with Gasteiger partial charge in [0, 0.05) is 53.1 Å². The Kier molecular flexibility index (Phi) is 9.40. The second kappa shape index (κ2) is 14.5. The molecule has 8 rings (SSSR count). The Morgan fingerprint density at radius 2 is 1.69 bits per heavy atom. The van der Waals surface area contributed by atoms with Crippen LogP contribution >= 0.6 is 11.6 Å². The lowest BCUT2D eigenvalue weighted by atomic mass is 9.96. The van der Waals surface area contributed by atoms with Crippen LogP contribution < -0.4 is 10.6 Å². The Morgan fingerprint density at radius 3 is 2.50 bits per heavy atom. The highest BCUT2D eigenvalue weighted by Gasteiger charge is 2.45. The summed E-state index contributed by atoms with van der Waals surface area (Å²) in [6.07, 6.45) is 7.94. The maximum Gasteiger partial charge on any atom is 0.264 e. The number of anilines is 1. The largest absolute Gasteiger partial charge is 0.384 e. The smallest absolute Gasteiger partial charge is 0.264 e. The van der Waals surface area contributed by atoms with Gasteiger partial charge in [-0.05, 0) is 75.1 Å². The van der Waals surface area contributed by atoms with Crippen molar-refractivity contribution in [3.8, 4) is 16.8 Å². The number of aryl methyl sites for hydroxylation is 2. The number of aliphatic imine (C=N–C) groups is 1. The lowest BCUT2D eigenvalue weighted by molar-refractivity contribution is -0.136. The van der Waals surface area contributed by atoms with Crippen LogP contribution in [0.5, 0.6) is 0 Å². The molecule has 3 aromatic carbocycles. The third-order valence-corrected chi connectivity index (χ3v) is 10.5. The van der Waals surface area contributed by atoms with E-state index in [1.165, 1.54) is 0 Å². The van der Waals surface area contributed by atoms with Gasteiger partial charge in [0.25, 0.3) is 11.8 Å². The second-order valence-electron chi connectivity index (χ2n) is 13.8. The lowest BCUT2D eigenvalue weighted by Gasteiger charge is -2.27. The first-order chi connectivity index (χ1) is 26.2. The molecule has 2 N–H and O–H groups in total. The van der Waals surface area contributed by atoms with E-state index >= 15 is 0 Å². The molecule has 1 saturated heterocycles. The van der Waals surface area contributed by atoms with Crippen molar-refractivity contribution in [3.63, 3.8) is 0 Å². The molecule has 0 saturated carbocycles. The van der Waals surface area contributed by atoms with E-state index in [2.05, 4.69) is 54.9 Å². The van der Waals surface area contributed by atoms with Gasteiger partial charge in [-0.25, -0.2) is 0 Å². The van der Waals surface area contributed by atoms with Crippen LogP contribution in [-0.4, -0.2) is 71.4 Å². The van der Waals surface area contributed by atoms with Crippen molar-refractivity contribution in [1.82, 2.24) is 34.8 Å². The highest BCUT2D eigenvalue weighted by molar-refractivity contribution is 6.30. The van der Waals surface area contributed by atoms with Gasteiger partial charge in [-0.15, -0.1) is 10.2 Å². The number of aromatic nitrogens is 5. The van der Waals surface area contributed by atoms with Crippen molar-refractivity contribution in [2.45, 2.75) is 71.0 Å². The number of rotatable bonds is 11. The predicted molar refractivity (Wildman–Crippen MR) is 203 cm³/mol. The van der Waals surface area contributed by atoms with Crippen LogP contribution in [0.1, 0.15) is 95.0 Å². The predicted octanol–water partition coefficient (Wildman–Crippen LogP) is 6.08. The van der Waals surface area contributed by atoms with E-state index < -0.39 is 29.7 Å². The van der Waals surface area contributed by atoms with E-state index in [1.807, 2.05) is 49.0 Å². The SMILES string of the molecule is Cc1nnc2n1-c1ccc(-c3cnn(CCCCCCNc4cccc5c4C(=O)N(C4CCC(=O)NC4=O)C5=O)c3)cc1C(c1ccc(Cl)cc1)=N[C@H]2C. The molecule has 5 aromatic rings. The highest BCUT2D eigenvalue weighted by Crippen LogP contribution is 2.35. The fourth-order valence-electron chi connectivity index (χ4n) is 7.48. The number of piperidine rings is 1. The van der Waals surface area contributed by atoms with Crippen LogP contribution in [0.25, 0.3) is 16.8 Å². The zero-order chi connectivity index (χ0) is 37.5. The van der Waals surface area contributed by atoms with Crippen LogP contribution in [0, 0.1) is 6.92 Å². The summed E-state index contributed by atoms with van der Waals surface area (Å²) in [5.74, 6) is -0.446. The first kappa shape index (κ1) is 35.1. The van der Waals surface area contributed by atoms with Crippen molar-refractivity contribution in [2.75, 3.05) is 11.9 Å². The number of hydrogen-bond acceptors (Lipinski definition) is 9. The molecule has 13 nitrogen and oxygen atoms in total. The van der Waals surface area contributed by atoms with Gasteiger partial charge in [0.1, 0.15) is 17.9 Å². The van der Waals surface area contributed by atoms with E-state index in [1.54, 1.807) is 18.2 Å². The Morgan fingerprint density at radius 1 is 0.889 bits per heavy atom. The number of unbranched alkanes of at least 4 members (excludes halogenated alkanes) is 3. The van der Waals surface area contributed by atoms with Gasteiger partial charge in [0.05, 0.1) is 28.7 Å². The zero-order valence-corrected chi connectivity index (χ0v) is 30.6. The standard InChI is InChI=1S/C40H38ClN9O4/c1-23-37-47-46-24(2)49(37)32-15-12-26(20-30(32)36(44-23)25-10-13-28(41)14-11-25)27-21-43-48(22-27)19-6-4-3-5-18-42-31-9-7-8-29-35(31)40(54)50(39(29)53)33-16-17-34(51)45-38(33)52/h7-15,20-23,33,42H,3-6,16-19H2,1-2H3,(H,45,51,52)/t23-,33?/m0/s1. The van der Waals surface area contributed by atoms with Crippen molar-refractivity contribution >= 4 is 46.6 Å². The number of fused-ring (bicyclic) bond motifs is 4. The minimum Gasteiger partial charge on any atom is -0.384 e. The van der Waals surface area contributed by atoms with Gasteiger partial charge in [-0.3, -0.25) is 43.6 Å². The molecule has 1 unspecified atom stereocenters. The number of benzene rings is 3. The van der Waals surface area contributed by atoms with Gasteiger partial charge in [-0.2, -0.15) is 5.10 Å². The molecule has 0 aliphatic carbocycles. The summed E-state index contributed by atoms with van der Waals surface area (Å²) in [6.45, 7) is 5.38. The fourth-order valence-corrected chi connectivity index (χ4v) is 7.60. The molecule has 5 heterocycles. The normalized spacial score (nSPS) is 17.8. The van der Waals surface area contributed by atoms with Crippen molar-refractivity contribution in [2.24, 2.45) is 4.99 Å². The quantitative estimate of drug-likeness (QED) is 0.122. The number of carbonyl (C=O) groups is 4. The summed E-state index contributed by atoms with van der Waals surface area (Å²) in [6, 6.07) is 18.0. The molecule has 2 atom stereocenters. The molecular formula is C40H38ClN9O4. The first-order valence-corrected chi connectivity index (χ1v) is 18.6.